The molecule has 0 radical (unpaired) electrons. The lowest BCUT2D eigenvalue weighted by Crippen LogP contribution is -2.20. The van der Waals surface area contributed by atoms with Crippen LogP contribution < -0.4 is 0 Å². The summed E-state index contributed by atoms with van der Waals surface area (Å²) in [4.78, 5) is 11.8. The molecule has 0 aliphatic carbocycles. The zero-order valence-electron chi connectivity index (χ0n) is 10.8. The third kappa shape index (κ3) is 4.71. The summed E-state index contributed by atoms with van der Waals surface area (Å²) in [6, 6.07) is 3.22. The van der Waals surface area contributed by atoms with Crippen LogP contribution >= 0.6 is 0 Å². The summed E-state index contributed by atoms with van der Waals surface area (Å²) < 4.78 is 31.5. The molecular weight excluding hydrogens is 250 g/mol. The van der Waals surface area contributed by atoms with Crippen molar-refractivity contribution in [3.63, 3.8) is 0 Å². The van der Waals surface area contributed by atoms with Gasteiger partial charge in [0, 0.05) is 25.5 Å². The van der Waals surface area contributed by atoms with E-state index in [2.05, 4.69) is 0 Å². The van der Waals surface area contributed by atoms with Gasteiger partial charge in [-0.3, -0.25) is 4.79 Å². The average molecular weight is 268 g/mol. The maximum Gasteiger partial charge on any atom is 0.137 e. The maximum absolute atomic E-state index is 13.0. The van der Waals surface area contributed by atoms with E-state index < -0.39 is 11.6 Å². The minimum Gasteiger partial charge on any atom is -0.378 e. The van der Waals surface area contributed by atoms with Gasteiger partial charge in [0.2, 0.25) is 0 Å². The Balaban J connectivity index is 1.80. The summed E-state index contributed by atoms with van der Waals surface area (Å²) in [6.07, 6.45) is 4.60. The van der Waals surface area contributed by atoms with Crippen LogP contribution in [0.15, 0.2) is 18.2 Å². The number of hydrogen-bond donors (Lipinski definition) is 0. The van der Waals surface area contributed by atoms with Crippen molar-refractivity contribution in [3.05, 3.63) is 35.4 Å². The SMILES string of the molecule is O=C(CCC1CCCCO1)Cc1cc(F)cc(F)c1. The molecule has 1 unspecified atom stereocenters. The number of ether oxygens (including phenoxy) is 1. The third-order valence-electron chi connectivity index (χ3n) is 3.34. The Morgan fingerprint density at radius 3 is 2.58 bits per heavy atom. The molecule has 0 saturated carbocycles. The van der Waals surface area contributed by atoms with Crippen molar-refractivity contribution < 1.29 is 18.3 Å². The first-order valence-electron chi connectivity index (χ1n) is 6.72. The Labute approximate surface area is 111 Å². The van der Waals surface area contributed by atoms with Gasteiger partial charge in [-0.15, -0.1) is 0 Å². The number of ketones is 1. The van der Waals surface area contributed by atoms with Crippen LogP contribution in [0, 0.1) is 11.6 Å². The van der Waals surface area contributed by atoms with E-state index in [1.54, 1.807) is 0 Å². The molecule has 1 fully saturated rings. The second kappa shape index (κ2) is 6.75. The van der Waals surface area contributed by atoms with Gasteiger partial charge in [-0.2, -0.15) is 0 Å². The molecule has 0 N–H and O–H groups in total. The fraction of sp³-hybridized carbons (Fsp3) is 0.533. The predicted octanol–water partition coefficient (Wildman–Crippen LogP) is 3.43. The zero-order chi connectivity index (χ0) is 13.7. The fourth-order valence-corrected chi connectivity index (χ4v) is 2.39. The fourth-order valence-electron chi connectivity index (χ4n) is 2.39. The molecule has 0 amide bonds. The molecule has 0 bridgehead atoms. The van der Waals surface area contributed by atoms with Crippen molar-refractivity contribution in [3.8, 4) is 0 Å². The lowest BCUT2D eigenvalue weighted by atomic mass is 10.0. The van der Waals surface area contributed by atoms with E-state index >= 15 is 0 Å². The molecule has 1 saturated heterocycles. The molecule has 1 aliphatic rings. The molecule has 19 heavy (non-hydrogen) atoms. The van der Waals surface area contributed by atoms with E-state index in [9.17, 15) is 13.6 Å². The van der Waals surface area contributed by atoms with Gasteiger partial charge in [-0.25, -0.2) is 8.78 Å². The standard InChI is InChI=1S/C15H18F2O2/c16-12-7-11(8-13(17)10-12)9-14(18)4-5-15-3-1-2-6-19-15/h7-8,10,15H,1-6,9H2. The molecule has 4 heteroatoms. The number of halogens is 2. The van der Waals surface area contributed by atoms with Crippen molar-refractivity contribution in [1.29, 1.82) is 0 Å². The van der Waals surface area contributed by atoms with Gasteiger partial charge in [-0.05, 0) is 43.4 Å². The summed E-state index contributed by atoms with van der Waals surface area (Å²) in [5, 5.41) is 0. The van der Waals surface area contributed by atoms with Crippen LogP contribution in [0.3, 0.4) is 0 Å². The van der Waals surface area contributed by atoms with Crippen molar-refractivity contribution in [2.75, 3.05) is 6.61 Å². The molecule has 0 aromatic heterocycles. The molecule has 1 heterocycles. The first kappa shape index (κ1) is 14.1. The van der Waals surface area contributed by atoms with E-state index in [1.165, 1.54) is 12.1 Å². The zero-order valence-corrected chi connectivity index (χ0v) is 10.8. The Kier molecular flexibility index (Phi) is 5.02. The van der Waals surface area contributed by atoms with E-state index in [0.717, 1.165) is 31.9 Å². The molecule has 1 aliphatic heterocycles. The third-order valence-corrected chi connectivity index (χ3v) is 3.34. The van der Waals surface area contributed by atoms with Gasteiger partial charge in [-0.1, -0.05) is 0 Å². The first-order valence-corrected chi connectivity index (χ1v) is 6.72. The number of carbonyl (C=O) groups is 1. The highest BCUT2D eigenvalue weighted by atomic mass is 19.1. The molecule has 104 valence electrons. The smallest absolute Gasteiger partial charge is 0.137 e. The van der Waals surface area contributed by atoms with Gasteiger partial charge in [0.25, 0.3) is 0 Å². The van der Waals surface area contributed by atoms with Gasteiger partial charge < -0.3 is 4.74 Å². The highest BCUT2D eigenvalue weighted by Crippen LogP contribution is 2.18. The van der Waals surface area contributed by atoms with Gasteiger partial charge in [0.05, 0.1) is 6.10 Å². The minimum absolute atomic E-state index is 0.000765. The molecule has 2 nitrogen and oxygen atoms in total. The monoisotopic (exact) mass is 268 g/mol. The van der Waals surface area contributed by atoms with Crippen molar-refractivity contribution in [2.45, 2.75) is 44.6 Å². The molecule has 2 rings (SSSR count). The summed E-state index contributed by atoms with van der Waals surface area (Å²) >= 11 is 0. The second-order valence-electron chi connectivity index (χ2n) is 5.02. The van der Waals surface area contributed by atoms with Crippen molar-refractivity contribution in [1.82, 2.24) is 0 Å². The average Bonchev–Trinajstić information content (AvgIpc) is 2.36. The van der Waals surface area contributed by atoms with Crippen LogP contribution in [0.5, 0.6) is 0 Å². The predicted molar refractivity (Wildman–Crippen MR) is 67.9 cm³/mol. The van der Waals surface area contributed by atoms with Gasteiger partial charge in [0.15, 0.2) is 0 Å². The number of hydrogen-bond acceptors (Lipinski definition) is 2. The number of benzene rings is 1. The summed E-state index contributed by atoms with van der Waals surface area (Å²) in [5.41, 5.74) is 0.395. The van der Waals surface area contributed by atoms with Crippen molar-refractivity contribution >= 4 is 5.78 Å². The number of Topliss-reactive ketones (excluding diaryl/α,β-unsaturated/α-hetero) is 1. The van der Waals surface area contributed by atoms with Crippen LogP contribution in [-0.4, -0.2) is 18.5 Å². The Morgan fingerprint density at radius 1 is 1.21 bits per heavy atom. The highest BCUT2D eigenvalue weighted by molar-refractivity contribution is 5.80. The Morgan fingerprint density at radius 2 is 1.95 bits per heavy atom. The highest BCUT2D eigenvalue weighted by Gasteiger charge is 2.15. The van der Waals surface area contributed by atoms with Crippen LogP contribution in [-0.2, 0) is 16.0 Å². The molecule has 1 atom stereocenters. The molecule has 1 aromatic rings. The van der Waals surface area contributed by atoms with Gasteiger partial charge >= 0.3 is 0 Å². The van der Waals surface area contributed by atoms with Crippen LogP contribution in [0.2, 0.25) is 0 Å². The van der Waals surface area contributed by atoms with E-state index in [-0.39, 0.29) is 18.3 Å². The van der Waals surface area contributed by atoms with Gasteiger partial charge in [0.1, 0.15) is 17.4 Å². The van der Waals surface area contributed by atoms with Crippen LogP contribution in [0.25, 0.3) is 0 Å². The molecule has 0 spiro atoms. The number of rotatable bonds is 5. The Hall–Kier alpha value is -1.29. The van der Waals surface area contributed by atoms with Crippen LogP contribution in [0.4, 0.5) is 8.78 Å². The Bertz CT molecular complexity index is 420. The summed E-state index contributed by atoms with van der Waals surface area (Å²) in [5.74, 6) is -1.28. The minimum atomic E-state index is -0.640. The van der Waals surface area contributed by atoms with Crippen LogP contribution in [0.1, 0.15) is 37.7 Å². The normalized spacial score (nSPS) is 19.4. The number of carbonyl (C=O) groups excluding carboxylic acids is 1. The van der Waals surface area contributed by atoms with E-state index in [0.29, 0.717) is 18.4 Å². The lowest BCUT2D eigenvalue weighted by molar-refractivity contribution is -0.119. The topological polar surface area (TPSA) is 26.3 Å². The van der Waals surface area contributed by atoms with E-state index in [4.69, 9.17) is 4.74 Å². The summed E-state index contributed by atoms with van der Waals surface area (Å²) in [7, 11) is 0. The van der Waals surface area contributed by atoms with E-state index in [1.807, 2.05) is 0 Å². The van der Waals surface area contributed by atoms with Crippen molar-refractivity contribution in [2.24, 2.45) is 0 Å². The molecular formula is C15H18F2O2. The largest absolute Gasteiger partial charge is 0.378 e. The summed E-state index contributed by atoms with van der Waals surface area (Å²) in [6.45, 7) is 0.772. The first-order chi connectivity index (χ1) is 9.13. The molecule has 1 aromatic carbocycles. The quantitative estimate of drug-likeness (QED) is 0.818. The second-order valence-corrected chi connectivity index (χ2v) is 5.02. The maximum atomic E-state index is 13.0. The lowest BCUT2D eigenvalue weighted by Gasteiger charge is -2.22.